The van der Waals surface area contributed by atoms with Crippen molar-refractivity contribution in [2.45, 2.75) is 51.4 Å². The maximum absolute atomic E-state index is 13.0. The molecule has 2 amide bonds. The standard InChI is InChI=1S/C24H27F3N2O3.C6H4Cl2O/c1-16(2)21(22(31)24(25,26)27)29-23(32)19(15-18-11-7-4-8-12-18)28-20(30)14-13-17-9-5-3-6-10-17;7-4-1-5(8)3-6(9)2-4/h3-12,16,19,21H,13-15H2,1-2H3,(H,28,30)(H,29,32);1-3,9H/t19?,21-;/m0./s1. The predicted octanol–water partition coefficient (Wildman–Crippen LogP) is 6.32. The molecule has 2 atom stereocenters. The van der Waals surface area contributed by atoms with Gasteiger partial charge in [-0.2, -0.15) is 13.2 Å². The molecule has 11 heteroatoms. The van der Waals surface area contributed by atoms with E-state index in [2.05, 4.69) is 10.6 Å². The minimum absolute atomic E-state index is 0.0781. The first-order valence-corrected chi connectivity index (χ1v) is 13.5. The summed E-state index contributed by atoms with van der Waals surface area (Å²) in [4.78, 5) is 37.1. The molecular weight excluding hydrogens is 580 g/mol. The quantitative estimate of drug-likeness (QED) is 0.250. The van der Waals surface area contributed by atoms with E-state index in [4.69, 9.17) is 28.3 Å². The van der Waals surface area contributed by atoms with Crippen LogP contribution < -0.4 is 10.6 Å². The average molecular weight is 611 g/mol. The van der Waals surface area contributed by atoms with Crippen LogP contribution in [0.3, 0.4) is 0 Å². The van der Waals surface area contributed by atoms with Crippen molar-refractivity contribution in [1.82, 2.24) is 10.6 Å². The lowest BCUT2D eigenvalue weighted by Crippen LogP contribution is -2.56. The first-order valence-electron chi connectivity index (χ1n) is 12.7. The molecule has 3 rings (SSSR count). The molecule has 3 aromatic rings. The zero-order valence-corrected chi connectivity index (χ0v) is 23.9. The average Bonchev–Trinajstić information content (AvgIpc) is 2.89. The van der Waals surface area contributed by atoms with E-state index in [9.17, 15) is 27.6 Å². The Balaban J connectivity index is 0.000000553. The second-order valence-electron chi connectivity index (χ2n) is 9.52. The SMILES string of the molecule is CC(C)[C@H](NC(=O)C(Cc1ccccc1)NC(=O)CCc1ccccc1)C(=O)C(F)(F)F.Oc1cc(Cl)cc(Cl)c1. The van der Waals surface area contributed by atoms with E-state index >= 15 is 0 Å². The Kier molecular flexibility index (Phi) is 13.2. The third kappa shape index (κ3) is 12.2. The third-order valence-electron chi connectivity index (χ3n) is 5.79. The molecule has 0 bridgehead atoms. The fourth-order valence-electron chi connectivity index (χ4n) is 3.73. The van der Waals surface area contributed by atoms with Crippen molar-refractivity contribution >= 4 is 40.8 Å². The van der Waals surface area contributed by atoms with Crippen LogP contribution in [0.15, 0.2) is 78.9 Å². The number of amides is 2. The summed E-state index contributed by atoms with van der Waals surface area (Å²) in [5.41, 5.74) is 1.67. The number of phenolic OH excluding ortho intramolecular Hbond substituents is 1. The summed E-state index contributed by atoms with van der Waals surface area (Å²) >= 11 is 11.0. The second-order valence-corrected chi connectivity index (χ2v) is 10.4. The molecule has 0 radical (unpaired) electrons. The fourth-order valence-corrected chi connectivity index (χ4v) is 4.25. The zero-order valence-electron chi connectivity index (χ0n) is 22.4. The number of phenols is 1. The van der Waals surface area contributed by atoms with Gasteiger partial charge in [-0.05, 0) is 41.7 Å². The van der Waals surface area contributed by atoms with E-state index < -0.39 is 41.8 Å². The number of carbonyl (C=O) groups is 3. The van der Waals surface area contributed by atoms with Crippen molar-refractivity contribution in [3.63, 3.8) is 0 Å². The smallest absolute Gasteiger partial charge is 0.452 e. The van der Waals surface area contributed by atoms with Gasteiger partial charge >= 0.3 is 6.18 Å². The van der Waals surface area contributed by atoms with Crippen molar-refractivity contribution < 1.29 is 32.7 Å². The number of aromatic hydroxyl groups is 1. The molecule has 0 aliphatic rings. The number of hydrogen-bond donors (Lipinski definition) is 3. The molecule has 0 aliphatic heterocycles. The Morgan fingerprint density at radius 3 is 1.80 bits per heavy atom. The number of alkyl halides is 3. The van der Waals surface area contributed by atoms with Crippen LogP contribution in [0.5, 0.6) is 5.75 Å². The van der Waals surface area contributed by atoms with Gasteiger partial charge in [-0.25, -0.2) is 0 Å². The lowest BCUT2D eigenvalue weighted by Gasteiger charge is -2.25. The minimum Gasteiger partial charge on any atom is -0.508 e. The molecule has 6 nitrogen and oxygen atoms in total. The molecule has 3 N–H and O–H groups in total. The number of carbonyl (C=O) groups excluding carboxylic acids is 3. The number of halogens is 5. The van der Waals surface area contributed by atoms with Crippen LogP contribution in [0.4, 0.5) is 13.2 Å². The first kappa shape index (κ1) is 33.6. The molecule has 0 saturated heterocycles. The molecule has 220 valence electrons. The number of nitrogens with one attached hydrogen (secondary N) is 2. The van der Waals surface area contributed by atoms with Gasteiger partial charge in [0.1, 0.15) is 11.8 Å². The first-order chi connectivity index (χ1) is 19.3. The molecule has 0 fully saturated rings. The number of rotatable bonds is 10. The Bertz CT molecular complexity index is 1240. The van der Waals surface area contributed by atoms with Crippen molar-refractivity contribution in [3.05, 3.63) is 100 Å². The second kappa shape index (κ2) is 16.0. The Morgan fingerprint density at radius 2 is 1.34 bits per heavy atom. The van der Waals surface area contributed by atoms with Gasteiger partial charge in [0, 0.05) is 22.9 Å². The molecule has 0 aliphatic carbocycles. The maximum atomic E-state index is 13.0. The molecule has 41 heavy (non-hydrogen) atoms. The predicted molar refractivity (Wildman–Crippen MR) is 153 cm³/mol. The van der Waals surface area contributed by atoms with Crippen LogP contribution in [0, 0.1) is 5.92 Å². The Hall–Kier alpha value is -3.56. The largest absolute Gasteiger partial charge is 0.508 e. The van der Waals surface area contributed by atoms with E-state index in [1.807, 2.05) is 30.3 Å². The van der Waals surface area contributed by atoms with Gasteiger partial charge in [-0.1, -0.05) is 97.7 Å². The minimum atomic E-state index is -5.07. The number of benzene rings is 3. The van der Waals surface area contributed by atoms with Gasteiger partial charge < -0.3 is 15.7 Å². The highest BCUT2D eigenvalue weighted by Gasteiger charge is 2.45. The highest BCUT2D eigenvalue weighted by molar-refractivity contribution is 6.34. The topological polar surface area (TPSA) is 95.5 Å². The van der Waals surface area contributed by atoms with Crippen LogP contribution >= 0.6 is 23.2 Å². The Morgan fingerprint density at radius 1 is 0.829 bits per heavy atom. The lowest BCUT2D eigenvalue weighted by molar-refractivity contribution is -0.175. The summed E-state index contributed by atoms with van der Waals surface area (Å²) in [6.07, 6.45) is -4.43. The van der Waals surface area contributed by atoms with E-state index in [-0.39, 0.29) is 18.6 Å². The zero-order chi connectivity index (χ0) is 30.6. The summed E-state index contributed by atoms with van der Waals surface area (Å²) in [7, 11) is 0. The van der Waals surface area contributed by atoms with Crippen LogP contribution in [-0.2, 0) is 27.2 Å². The van der Waals surface area contributed by atoms with E-state index in [1.165, 1.54) is 26.0 Å². The highest BCUT2D eigenvalue weighted by Crippen LogP contribution is 2.23. The van der Waals surface area contributed by atoms with Gasteiger partial charge in [0.05, 0.1) is 6.04 Å². The van der Waals surface area contributed by atoms with E-state index in [0.717, 1.165) is 11.1 Å². The molecule has 1 unspecified atom stereocenters. The number of hydrogen-bond acceptors (Lipinski definition) is 4. The number of aryl methyl sites for hydroxylation is 1. The van der Waals surface area contributed by atoms with Gasteiger partial charge in [-0.15, -0.1) is 0 Å². The van der Waals surface area contributed by atoms with Crippen molar-refractivity contribution in [2.75, 3.05) is 0 Å². The van der Waals surface area contributed by atoms with Gasteiger partial charge in [0.25, 0.3) is 5.78 Å². The fraction of sp³-hybridized carbons (Fsp3) is 0.300. The van der Waals surface area contributed by atoms with E-state index in [0.29, 0.717) is 16.5 Å². The number of ketones is 1. The van der Waals surface area contributed by atoms with Gasteiger partial charge in [0.15, 0.2) is 0 Å². The summed E-state index contributed by atoms with van der Waals surface area (Å²) in [6.45, 7) is 2.83. The highest BCUT2D eigenvalue weighted by atomic mass is 35.5. The molecule has 0 saturated carbocycles. The van der Waals surface area contributed by atoms with Crippen LogP contribution in [0.2, 0.25) is 10.0 Å². The van der Waals surface area contributed by atoms with Crippen LogP contribution in [0.1, 0.15) is 31.4 Å². The molecule has 3 aromatic carbocycles. The Labute approximate surface area is 246 Å². The van der Waals surface area contributed by atoms with Crippen LogP contribution in [0.25, 0.3) is 0 Å². The summed E-state index contributed by atoms with van der Waals surface area (Å²) in [5.74, 6) is -3.95. The summed E-state index contributed by atoms with van der Waals surface area (Å²) < 4.78 is 38.9. The van der Waals surface area contributed by atoms with Gasteiger partial charge in [-0.3, -0.25) is 14.4 Å². The third-order valence-corrected chi connectivity index (χ3v) is 6.23. The summed E-state index contributed by atoms with van der Waals surface area (Å²) in [5, 5.41) is 14.5. The van der Waals surface area contributed by atoms with Crippen LogP contribution in [-0.4, -0.2) is 41.0 Å². The molecule has 0 heterocycles. The number of Topliss-reactive ketones (excluding diaryl/α,β-unsaturated/α-hetero) is 1. The normalized spacial score (nSPS) is 12.5. The van der Waals surface area contributed by atoms with Crippen molar-refractivity contribution in [3.8, 4) is 5.75 Å². The van der Waals surface area contributed by atoms with Crippen molar-refractivity contribution in [2.24, 2.45) is 5.92 Å². The summed E-state index contributed by atoms with van der Waals surface area (Å²) in [6, 6.07) is 19.6. The molecule has 0 aromatic heterocycles. The monoisotopic (exact) mass is 610 g/mol. The lowest BCUT2D eigenvalue weighted by atomic mass is 9.98. The maximum Gasteiger partial charge on any atom is 0.452 e. The molecule has 0 spiro atoms. The van der Waals surface area contributed by atoms with Crippen molar-refractivity contribution in [1.29, 1.82) is 0 Å². The molecular formula is C30H31Cl2F3N2O4. The van der Waals surface area contributed by atoms with Gasteiger partial charge in [0.2, 0.25) is 11.8 Å². The van der Waals surface area contributed by atoms with E-state index in [1.54, 1.807) is 36.4 Å².